The molecule has 0 bridgehead atoms. The molecule has 0 unspecified atom stereocenters. The zero-order chi connectivity index (χ0) is 15.1. The summed E-state index contributed by atoms with van der Waals surface area (Å²) in [6, 6.07) is 8.35. The van der Waals surface area contributed by atoms with Gasteiger partial charge in [0.15, 0.2) is 11.6 Å². The van der Waals surface area contributed by atoms with Crippen LogP contribution in [0.1, 0.15) is 26.3 Å². The molecule has 0 saturated carbocycles. The van der Waals surface area contributed by atoms with Crippen LogP contribution in [0.2, 0.25) is 0 Å². The van der Waals surface area contributed by atoms with E-state index in [0.29, 0.717) is 20.3 Å². The summed E-state index contributed by atoms with van der Waals surface area (Å²) >= 11 is 1.99. The first-order valence-electron chi connectivity index (χ1n) is 6.07. The number of carbonyl (C=O) groups excluding carboxylic acids is 2. The van der Waals surface area contributed by atoms with Gasteiger partial charge in [0.05, 0.1) is 17.7 Å². The molecule has 1 aliphatic heterocycles. The van der Waals surface area contributed by atoms with Gasteiger partial charge in [-0.05, 0) is 52.4 Å². The highest BCUT2D eigenvalue weighted by Crippen LogP contribution is 2.28. The summed E-state index contributed by atoms with van der Waals surface area (Å²) in [5.41, 5.74) is 1.07. The quantitative estimate of drug-likeness (QED) is 0.574. The molecule has 106 valence electrons. The van der Waals surface area contributed by atoms with Crippen molar-refractivity contribution in [1.29, 1.82) is 0 Å². The average Bonchev–Trinajstić information content (AvgIpc) is 2.69. The van der Waals surface area contributed by atoms with E-state index in [-0.39, 0.29) is 6.54 Å². The van der Waals surface area contributed by atoms with Crippen molar-refractivity contribution in [2.24, 2.45) is 0 Å². The number of imide groups is 1. The molecule has 0 aliphatic carbocycles. The number of nitrogens with zero attached hydrogens (tertiary/aromatic N) is 1. The molecule has 0 aromatic heterocycles. The lowest BCUT2D eigenvalue weighted by Gasteiger charge is -2.14. The zero-order valence-corrected chi connectivity index (χ0v) is 12.7. The predicted octanol–water partition coefficient (Wildman–Crippen LogP) is 3.37. The van der Waals surface area contributed by atoms with E-state index in [1.807, 2.05) is 22.6 Å². The monoisotopic (exact) mass is 399 g/mol. The molecule has 6 heteroatoms. The topological polar surface area (TPSA) is 37.4 Å². The summed E-state index contributed by atoms with van der Waals surface area (Å²) in [6.45, 7) is -0.0837. The third kappa shape index (κ3) is 2.33. The van der Waals surface area contributed by atoms with Crippen LogP contribution < -0.4 is 0 Å². The third-order valence-electron chi connectivity index (χ3n) is 3.27. The van der Waals surface area contributed by atoms with Crippen molar-refractivity contribution in [3.8, 4) is 0 Å². The molecular weight excluding hydrogens is 391 g/mol. The standard InChI is InChI=1S/C15H8F2INO2/c16-10-5-4-8(6-11(10)17)7-19-14(20)9-2-1-3-12(18)13(9)15(19)21/h1-6H,7H2. The lowest BCUT2D eigenvalue weighted by Crippen LogP contribution is -2.29. The van der Waals surface area contributed by atoms with E-state index < -0.39 is 23.4 Å². The Morgan fingerprint density at radius 1 is 1.00 bits per heavy atom. The Hall–Kier alpha value is -1.83. The maximum atomic E-state index is 13.2. The van der Waals surface area contributed by atoms with Crippen LogP contribution >= 0.6 is 22.6 Å². The van der Waals surface area contributed by atoms with Crippen LogP contribution in [-0.4, -0.2) is 16.7 Å². The fraction of sp³-hybridized carbons (Fsp3) is 0.0667. The molecule has 2 aromatic carbocycles. The van der Waals surface area contributed by atoms with Gasteiger partial charge in [-0.3, -0.25) is 14.5 Å². The fourth-order valence-corrected chi connectivity index (χ4v) is 2.99. The van der Waals surface area contributed by atoms with Crippen molar-refractivity contribution in [3.63, 3.8) is 0 Å². The number of hydrogen-bond acceptors (Lipinski definition) is 2. The summed E-state index contributed by atoms with van der Waals surface area (Å²) in [5, 5.41) is 0. The van der Waals surface area contributed by atoms with Crippen LogP contribution in [0, 0.1) is 15.2 Å². The summed E-state index contributed by atoms with van der Waals surface area (Å²) in [5.74, 6) is -2.79. The Bertz CT molecular complexity index is 776. The van der Waals surface area contributed by atoms with Crippen LogP contribution in [0.15, 0.2) is 36.4 Å². The van der Waals surface area contributed by atoms with Crippen molar-refractivity contribution in [1.82, 2.24) is 4.90 Å². The number of benzene rings is 2. The number of hydrogen-bond donors (Lipinski definition) is 0. The Labute approximate surface area is 132 Å². The molecule has 3 nitrogen and oxygen atoms in total. The smallest absolute Gasteiger partial charge is 0.262 e. The van der Waals surface area contributed by atoms with Crippen molar-refractivity contribution >= 4 is 34.4 Å². The average molecular weight is 399 g/mol. The van der Waals surface area contributed by atoms with Gasteiger partial charge in [-0.1, -0.05) is 12.1 Å². The van der Waals surface area contributed by atoms with E-state index in [9.17, 15) is 18.4 Å². The summed E-state index contributed by atoms with van der Waals surface area (Å²) in [7, 11) is 0. The molecule has 1 heterocycles. The predicted molar refractivity (Wildman–Crippen MR) is 79.7 cm³/mol. The normalized spacial score (nSPS) is 13.8. The second-order valence-corrected chi connectivity index (χ2v) is 5.77. The molecule has 1 aliphatic rings. The van der Waals surface area contributed by atoms with Crippen LogP contribution in [0.4, 0.5) is 8.78 Å². The van der Waals surface area contributed by atoms with Crippen LogP contribution in [0.5, 0.6) is 0 Å². The summed E-state index contributed by atoms with van der Waals surface area (Å²) < 4.78 is 26.8. The Kier molecular flexibility index (Phi) is 3.48. The van der Waals surface area contributed by atoms with Crippen molar-refractivity contribution in [2.45, 2.75) is 6.54 Å². The van der Waals surface area contributed by atoms with Crippen molar-refractivity contribution < 1.29 is 18.4 Å². The molecule has 0 fully saturated rings. The molecule has 0 N–H and O–H groups in total. The first-order valence-corrected chi connectivity index (χ1v) is 7.15. The van der Waals surface area contributed by atoms with Gasteiger partial charge < -0.3 is 0 Å². The molecule has 2 aromatic rings. The fourth-order valence-electron chi connectivity index (χ4n) is 2.26. The number of amides is 2. The van der Waals surface area contributed by atoms with Crippen molar-refractivity contribution in [3.05, 3.63) is 68.3 Å². The highest BCUT2D eigenvalue weighted by atomic mass is 127. The highest BCUT2D eigenvalue weighted by Gasteiger charge is 2.36. The Balaban J connectivity index is 1.95. The Morgan fingerprint density at radius 3 is 2.43 bits per heavy atom. The third-order valence-corrected chi connectivity index (χ3v) is 4.17. The number of halogens is 3. The van der Waals surface area contributed by atoms with Crippen LogP contribution in [-0.2, 0) is 6.54 Å². The molecule has 0 radical (unpaired) electrons. The van der Waals surface area contributed by atoms with E-state index in [4.69, 9.17) is 0 Å². The SMILES string of the molecule is O=C1c2cccc(I)c2C(=O)N1Cc1ccc(F)c(F)c1. The molecule has 21 heavy (non-hydrogen) atoms. The number of rotatable bonds is 2. The minimum Gasteiger partial charge on any atom is -0.270 e. The van der Waals surface area contributed by atoms with Gasteiger partial charge in [0.1, 0.15) is 0 Å². The molecule has 2 amide bonds. The number of fused-ring (bicyclic) bond motifs is 1. The van der Waals surface area contributed by atoms with Crippen molar-refractivity contribution in [2.75, 3.05) is 0 Å². The second kappa shape index (κ2) is 5.18. The van der Waals surface area contributed by atoms with Gasteiger partial charge >= 0.3 is 0 Å². The van der Waals surface area contributed by atoms with E-state index in [0.717, 1.165) is 17.0 Å². The maximum absolute atomic E-state index is 13.2. The van der Waals surface area contributed by atoms with Gasteiger partial charge in [-0.2, -0.15) is 0 Å². The highest BCUT2D eigenvalue weighted by molar-refractivity contribution is 14.1. The van der Waals surface area contributed by atoms with Gasteiger partial charge in [0, 0.05) is 3.57 Å². The van der Waals surface area contributed by atoms with E-state index in [2.05, 4.69) is 0 Å². The first-order chi connectivity index (χ1) is 9.99. The summed E-state index contributed by atoms with van der Waals surface area (Å²) in [6.07, 6.45) is 0. The number of carbonyl (C=O) groups is 2. The van der Waals surface area contributed by atoms with Gasteiger partial charge in [-0.15, -0.1) is 0 Å². The molecular formula is C15H8F2INO2. The molecule has 0 spiro atoms. The van der Waals surface area contributed by atoms with Crippen LogP contribution in [0.3, 0.4) is 0 Å². The van der Waals surface area contributed by atoms with Crippen LogP contribution in [0.25, 0.3) is 0 Å². The Morgan fingerprint density at radius 2 is 1.76 bits per heavy atom. The molecule has 0 atom stereocenters. The largest absolute Gasteiger partial charge is 0.270 e. The lowest BCUT2D eigenvalue weighted by atomic mass is 10.1. The van der Waals surface area contributed by atoms with E-state index in [1.54, 1.807) is 18.2 Å². The zero-order valence-electron chi connectivity index (χ0n) is 10.6. The minimum absolute atomic E-state index is 0.0837. The van der Waals surface area contributed by atoms with E-state index >= 15 is 0 Å². The van der Waals surface area contributed by atoms with Gasteiger partial charge in [-0.25, -0.2) is 8.78 Å². The first kappa shape index (κ1) is 14.1. The molecule has 3 rings (SSSR count). The van der Waals surface area contributed by atoms with Gasteiger partial charge in [0.25, 0.3) is 11.8 Å². The van der Waals surface area contributed by atoms with Gasteiger partial charge in [0.2, 0.25) is 0 Å². The molecule has 0 saturated heterocycles. The minimum atomic E-state index is -1.00. The summed E-state index contributed by atoms with van der Waals surface area (Å²) in [4.78, 5) is 25.6. The maximum Gasteiger partial charge on any atom is 0.262 e. The second-order valence-electron chi connectivity index (χ2n) is 4.61. The lowest BCUT2D eigenvalue weighted by molar-refractivity contribution is 0.0642. The van der Waals surface area contributed by atoms with E-state index in [1.165, 1.54) is 6.07 Å².